The van der Waals surface area contributed by atoms with E-state index in [9.17, 15) is 17.6 Å². The normalized spacial score (nSPS) is 11.8. The molecule has 1 rings (SSSR count). The first-order valence-corrected chi connectivity index (χ1v) is 6.47. The van der Waals surface area contributed by atoms with Crippen LogP contribution in [-0.2, 0) is 11.3 Å². The molecule has 0 aliphatic carbocycles. The minimum Gasteiger partial charge on any atom is -0.372 e. The third kappa shape index (κ3) is 7.49. The Balaban J connectivity index is 2.12. The Bertz CT molecular complexity index is 398. The molecule has 7 heteroatoms. The van der Waals surface area contributed by atoms with Gasteiger partial charge in [0, 0.05) is 23.2 Å². The van der Waals surface area contributed by atoms with Gasteiger partial charge in [0.1, 0.15) is 12.4 Å². The molecule has 0 aliphatic heterocycles. The fraction of sp³-hybridized carbons (Fsp3) is 0.500. The van der Waals surface area contributed by atoms with Gasteiger partial charge >= 0.3 is 6.18 Å². The van der Waals surface area contributed by atoms with Crippen LogP contribution in [0.25, 0.3) is 0 Å². The van der Waals surface area contributed by atoms with Crippen LogP contribution in [0.5, 0.6) is 0 Å². The van der Waals surface area contributed by atoms with E-state index < -0.39 is 12.8 Å². The van der Waals surface area contributed by atoms with Crippen LogP contribution in [0.4, 0.5) is 17.6 Å². The molecular weight excluding hydrogens is 330 g/mol. The van der Waals surface area contributed by atoms with Crippen molar-refractivity contribution in [3.05, 3.63) is 34.1 Å². The standard InChI is InChI=1S/C12H14BrF4NO/c13-10-2-3-11(14)9(6-10)7-18-4-1-5-19-8-12(15,16)17/h2-3,6,18H,1,4-5,7-8H2. The summed E-state index contributed by atoms with van der Waals surface area (Å²) in [4.78, 5) is 0. The number of halogens is 5. The lowest BCUT2D eigenvalue weighted by Gasteiger charge is -2.08. The summed E-state index contributed by atoms with van der Waals surface area (Å²) in [6.45, 7) is -0.422. The highest BCUT2D eigenvalue weighted by atomic mass is 79.9. The van der Waals surface area contributed by atoms with E-state index in [-0.39, 0.29) is 12.4 Å². The molecule has 0 spiro atoms. The highest BCUT2D eigenvalue weighted by Gasteiger charge is 2.27. The first-order valence-electron chi connectivity index (χ1n) is 5.67. The zero-order valence-corrected chi connectivity index (χ0v) is 11.7. The molecule has 1 aromatic carbocycles. The van der Waals surface area contributed by atoms with Crippen LogP contribution in [0.1, 0.15) is 12.0 Å². The van der Waals surface area contributed by atoms with Crippen molar-refractivity contribution in [2.75, 3.05) is 19.8 Å². The van der Waals surface area contributed by atoms with Crippen molar-refractivity contribution in [3.8, 4) is 0 Å². The lowest BCUT2D eigenvalue weighted by atomic mass is 10.2. The molecule has 0 bridgehead atoms. The first-order chi connectivity index (χ1) is 8.88. The molecule has 1 aromatic rings. The lowest BCUT2D eigenvalue weighted by molar-refractivity contribution is -0.173. The van der Waals surface area contributed by atoms with E-state index in [1.165, 1.54) is 6.07 Å². The molecule has 0 radical (unpaired) electrons. The van der Waals surface area contributed by atoms with Crippen molar-refractivity contribution in [2.45, 2.75) is 19.1 Å². The Kier molecular flexibility index (Phi) is 6.74. The van der Waals surface area contributed by atoms with Gasteiger partial charge in [-0.3, -0.25) is 0 Å². The largest absolute Gasteiger partial charge is 0.411 e. The number of ether oxygens (including phenoxy) is 1. The van der Waals surface area contributed by atoms with E-state index in [2.05, 4.69) is 26.0 Å². The van der Waals surface area contributed by atoms with Gasteiger partial charge in [-0.05, 0) is 31.2 Å². The minimum absolute atomic E-state index is 0.0213. The maximum Gasteiger partial charge on any atom is 0.411 e. The molecule has 0 aromatic heterocycles. The Labute approximate surface area is 117 Å². The van der Waals surface area contributed by atoms with Gasteiger partial charge in [-0.15, -0.1) is 0 Å². The Hall–Kier alpha value is -0.660. The predicted octanol–water partition coefficient (Wildman–Crippen LogP) is 3.65. The first kappa shape index (κ1) is 16.4. The number of nitrogens with one attached hydrogen (secondary N) is 1. The summed E-state index contributed by atoms with van der Waals surface area (Å²) in [7, 11) is 0. The highest BCUT2D eigenvalue weighted by molar-refractivity contribution is 9.10. The van der Waals surface area contributed by atoms with Gasteiger partial charge in [-0.1, -0.05) is 15.9 Å². The second kappa shape index (κ2) is 7.81. The maximum atomic E-state index is 13.3. The van der Waals surface area contributed by atoms with Gasteiger partial charge in [0.05, 0.1) is 0 Å². The third-order valence-electron chi connectivity index (χ3n) is 2.23. The van der Waals surface area contributed by atoms with Crippen LogP contribution >= 0.6 is 15.9 Å². The zero-order chi connectivity index (χ0) is 14.3. The van der Waals surface area contributed by atoms with E-state index in [4.69, 9.17) is 0 Å². The molecule has 108 valence electrons. The fourth-order valence-corrected chi connectivity index (χ4v) is 1.80. The second-order valence-electron chi connectivity index (χ2n) is 3.93. The van der Waals surface area contributed by atoms with Gasteiger partial charge in [0.15, 0.2) is 0 Å². The highest BCUT2D eigenvalue weighted by Crippen LogP contribution is 2.15. The summed E-state index contributed by atoms with van der Waals surface area (Å²) in [5.41, 5.74) is 0.505. The number of hydrogen-bond acceptors (Lipinski definition) is 2. The van der Waals surface area contributed by atoms with E-state index in [1.54, 1.807) is 12.1 Å². The van der Waals surface area contributed by atoms with E-state index >= 15 is 0 Å². The quantitative estimate of drug-likeness (QED) is 0.602. The van der Waals surface area contributed by atoms with Crippen molar-refractivity contribution >= 4 is 15.9 Å². The molecule has 19 heavy (non-hydrogen) atoms. The van der Waals surface area contributed by atoms with Crippen molar-refractivity contribution in [1.82, 2.24) is 5.32 Å². The fourth-order valence-electron chi connectivity index (χ4n) is 1.39. The molecule has 0 aliphatic rings. The van der Waals surface area contributed by atoms with Crippen LogP contribution in [-0.4, -0.2) is 25.9 Å². The van der Waals surface area contributed by atoms with Crippen molar-refractivity contribution in [3.63, 3.8) is 0 Å². The molecule has 0 fully saturated rings. The van der Waals surface area contributed by atoms with Crippen LogP contribution in [0, 0.1) is 5.82 Å². The SMILES string of the molecule is Fc1ccc(Br)cc1CNCCCOCC(F)(F)F. The van der Waals surface area contributed by atoms with Gasteiger partial charge in [0.2, 0.25) is 0 Å². The Morgan fingerprint density at radius 2 is 2.00 bits per heavy atom. The summed E-state index contributed by atoms with van der Waals surface area (Å²) in [5, 5.41) is 2.95. The van der Waals surface area contributed by atoms with Crippen LogP contribution in [0.15, 0.2) is 22.7 Å². The van der Waals surface area contributed by atoms with Crippen molar-refractivity contribution in [2.24, 2.45) is 0 Å². The van der Waals surface area contributed by atoms with Crippen LogP contribution < -0.4 is 5.32 Å². The van der Waals surface area contributed by atoms with Crippen LogP contribution in [0.3, 0.4) is 0 Å². The zero-order valence-electron chi connectivity index (χ0n) is 10.1. The summed E-state index contributed by atoms with van der Waals surface area (Å²) in [6, 6.07) is 4.61. The van der Waals surface area contributed by atoms with Crippen molar-refractivity contribution in [1.29, 1.82) is 0 Å². The molecule has 2 nitrogen and oxygen atoms in total. The summed E-state index contributed by atoms with van der Waals surface area (Å²) in [6.07, 6.45) is -3.85. The predicted molar refractivity (Wildman–Crippen MR) is 67.3 cm³/mol. The van der Waals surface area contributed by atoms with Crippen LogP contribution in [0.2, 0.25) is 0 Å². The molecular formula is C12H14BrF4NO. The third-order valence-corrected chi connectivity index (χ3v) is 2.72. The monoisotopic (exact) mass is 343 g/mol. The van der Waals surface area contributed by atoms with Gasteiger partial charge in [-0.2, -0.15) is 13.2 Å². The average molecular weight is 344 g/mol. The number of hydrogen-bond donors (Lipinski definition) is 1. The Morgan fingerprint density at radius 1 is 1.26 bits per heavy atom. The van der Waals surface area contributed by atoms with Gasteiger partial charge in [0.25, 0.3) is 0 Å². The van der Waals surface area contributed by atoms with Gasteiger partial charge in [-0.25, -0.2) is 4.39 Å². The average Bonchev–Trinajstić information content (AvgIpc) is 2.31. The minimum atomic E-state index is -4.28. The molecule has 0 unspecified atom stereocenters. The number of rotatable bonds is 7. The molecule has 0 saturated carbocycles. The molecule has 1 N–H and O–H groups in total. The van der Waals surface area contributed by atoms with Crippen molar-refractivity contribution < 1.29 is 22.3 Å². The summed E-state index contributed by atoms with van der Waals surface area (Å²) < 4.78 is 53.8. The number of benzene rings is 1. The second-order valence-corrected chi connectivity index (χ2v) is 4.85. The maximum absolute atomic E-state index is 13.3. The summed E-state index contributed by atoms with van der Waals surface area (Å²) >= 11 is 3.24. The lowest BCUT2D eigenvalue weighted by Crippen LogP contribution is -2.20. The smallest absolute Gasteiger partial charge is 0.372 e. The molecule has 0 atom stereocenters. The molecule has 0 amide bonds. The van der Waals surface area contributed by atoms with Gasteiger partial charge < -0.3 is 10.1 Å². The van der Waals surface area contributed by atoms with E-state index in [0.29, 0.717) is 25.1 Å². The molecule has 0 heterocycles. The Morgan fingerprint density at radius 3 is 2.68 bits per heavy atom. The van der Waals surface area contributed by atoms with E-state index in [0.717, 1.165) is 4.47 Å². The number of alkyl halides is 3. The topological polar surface area (TPSA) is 21.3 Å². The summed E-state index contributed by atoms with van der Waals surface area (Å²) in [5.74, 6) is -0.316. The molecule has 0 saturated heterocycles. The van der Waals surface area contributed by atoms with E-state index in [1.807, 2.05) is 0 Å².